The summed E-state index contributed by atoms with van der Waals surface area (Å²) in [6.45, 7) is 9.17. The Morgan fingerprint density at radius 3 is 2.29 bits per heavy atom. The summed E-state index contributed by atoms with van der Waals surface area (Å²) in [5.74, 6) is 0. The first-order valence-electron chi connectivity index (χ1n) is 8.35. The third kappa shape index (κ3) is 4.52. The van der Waals surface area contributed by atoms with Crippen molar-refractivity contribution in [1.82, 2.24) is 14.8 Å². The molecule has 5 heteroatoms. The van der Waals surface area contributed by atoms with Crippen LogP contribution in [-0.2, 0) is 6.54 Å². The monoisotopic (exact) mass is 340 g/mol. The Morgan fingerprint density at radius 1 is 1.04 bits per heavy atom. The Kier molecular flexibility index (Phi) is 5.43. The fourth-order valence-electron chi connectivity index (χ4n) is 3.10. The van der Waals surface area contributed by atoms with Gasteiger partial charge in [-0.1, -0.05) is 6.07 Å². The number of hydrogen-bond acceptors (Lipinski definition) is 3. The molecule has 1 saturated heterocycles. The third-order valence-corrected chi connectivity index (χ3v) is 4.65. The van der Waals surface area contributed by atoms with Crippen molar-refractivity contribution >= 4 is 23.0 Å². The van der Waals surface area contributed by atoms with Crippen LogP contribution in [0.3, 0.4) is 0 Å². The topological polar surface area (TPSA) is 31.4 Å². The van der Waals surface area contributed by atoms with Crippen LogP contribution in [0.2, 0.25) is 0 Å². The number of piperazine rings is 1. The van der Waals surface area contributed by atoms with E-state index in [2.05, 4.69) is 64.3 Å². The molecule has 0 unspecified atom stereocenters. The number of nitrogens with zero attached hydrogens (tertiary/aromatic N) is 3. The first-order chi connectivity index (χ1) is 11.6. The smallest absolute Gasteiger partial charge is 0.173 e. The lowest BCUT2D eigenvalue weighted by atomic mass is 10.1. The van der Waals surface area contributed by atoms with Gasteiger partial charge in [0.2, 0.25) is 0 Å². The maximum Gasteiger partial charge on any atom is 0.173 e. The summed E-state index contributed by atoms with van der Waals surface area (Å²) in [6.07, 6.45) is 3.71. The molecular formula is C19H24N4S. The molecule has 2 aromatic rings. The van der Waals surface area contributed by atoms with E-state index < -0.39 is 0 Å². The minimum Gasteiger partial charge on any atom is -0.346 e. The van der Waals surface area contributed by atoms with Gasteiger partial charge in [0.1, 0.15) is 0 Å². The highest BCUT2D eigenvalue weighted by Crippen LogP contribution is 2.15. The van der Waals surface area contributed by atoms with Crippen LogP contribution in [0.5, 0.6) is 0 Å². The minimum absolute atomic E-state index is 0.823. The van der Waals surface area contributed by atoms with Crippen molar-refractivity contribution in [1.29, 1.82) is 0 Å². The van der Waals surface area contributed by atoms with Crippen LogP contribution >= 0.6 is 12.2 Å². The molecule has 0 saturated carbocycles. The molecule has 1 aromatic heterocycles. The molecule has 0 aliphatic carbocycles. The fourth-order valence-corrected chi connectivity index (χ4v) is 3.41. The molecule has 0 amide bonds. The molecule has 1 N–H and O–H groups in total. The van der Waals surface area contributed by atoms with E-state index in [1.807, 2.05) is 12.4 Å². The van der Waals surface area contributed by atoms with Gasteiger partial charge in [0.25, 0.3) is 0 Å². The average Bonchev–Trinajstić information content (AvgIpc) is 2.55. The van der Waals surface area contributed by atoms with Crippen LogP contribution in [-0.4, -0.2) is 46.1 Å². The van der Waals surface area contributed by atoms with Gasteiger partial charge in [0, 0.05) is 50.8 Å². The molecule has 2 heterocycles. The lowest BCUT2D eigenvalue weighted by molar-refractivity contribution is 0.177. The third-order valence-electron chi connectivity index (χ3n) is 4.29. The highest BCUT2D eigenvalue weighted by molar-refractivity contribution is 7.80. The van der Waals surface area contributed by atoms with Crippen LogP contribution in [0.1, 0.15) is 16.7 Å². The van der Waals surface area contributed by atoms with Crippen molar-refractivity contribution in [2.45, 2.75) is 20.4 Å². The van der Waals surface area contributed by atoms with E-state index >= 15 is 0 Å². The lowest BCUT2D eigenvalue weighted by Crippen LogP contribution is -2.49. The highest BCUT2D eigenvalue weighted by Gasteiger charge is 2.19. The summed E-state index contributed by atoms with van der Waals surface area (Å²) in [7, 11) is 0. The Bertz CT molecular complexity index is 674. The second-order valence-corrected chi connectivity index (χ2v) is 6.81. The predicted octanol–water partition coefficient (Wildman–Crippen LogP) is 3.21. The van der Waals surface area contributed by atoms with E-state index in [4.69, 9.17) is 12.2 Å². The van der Waals surface area contributed by atoms with E-state index in [9.17, 15) is 0 Å². The summed E-state index contributed by atoms with van der Waals surface area (Å²) in [6, 6.07) is 10.6. The van der Waals surface area contributed by atoms with Gasteiger partial charge in [-0.05, 0) is 67.0 Å². The predicted molar refractivity (Wildman–Crippen MR) is 103 cm³/mol. The molecule has 0 spiro atoms. The van der Waals surface area contributed by atoms with E-state index in [0.717, 1.165) is 43.5 Å². The number of anilines is 1. The highest BCUT2D eigenvalue weighted by atomic mass is 32.1. The van der Waals surface area contributed by atoms with Crippen molar-refractivity contribution in [2.75, 3.05) is 31.5 Å². The quantitative estimate of drug-likeness (QED) is 0.867. The standard InChI is InChI=1S/C19H24N4S/c1-15-11-16(2)13-18(12-15)21-19(24)23-9-7-22(8-10-23)14-17-3-5-20-6-4-17/h3-6,11-13H,7-10,14H2,1-2H3,(H,21,24). The minimum atomic E-state index is 0.823. The number of rotatable bonds is 3. The van der Waals surface area contributed by atoms with Crippen LogP contribution in [0.4, 0.5) is 5.69 Å². The first kappa shape index (κ1) is 16.9. The number of benzene rings is 1. The zero-order valence-electron chi connectivity index (χ0n) is 14.3. The van der Waals surface area contributed by atoms with Crippen LogP contribution in [0.15, 0.2) is 42.7 Å². The Hall–Kier alpha value is -1.98. The molecule has 0 atom stereocenters. The van der Waals surface area contributed by atoms with Gasteiger partial charge in [-0.2, -0.15) is 0 Å². The van der Waals surface area contributed by atoms with Gasteiger partial charge in [0.15, 0.2) is 5.11 Å². The number of thiocarbonyl (C=S) groups is 1. The van der Waals surface area contributed by atoms with E-state index in [1.165, 1.54) is 16.7 Å². The van der Waals surface area contributed by atoms with Gasteiger partial charge in [-0.25, -0.2) is 0 Å². The normalized spacial score (nSPS) is 15.3. The van der Waals surface area contributed by atoms with Crippen LogP contribution in [0, 0.1) is 13.8 Å². The molecule has 1 aliphatic rings. The average molecular weight is 340 g/mol. The molecular weight excluding hydrogens is 316 g/mol. The molecule has 4 nitrogen and oxygen atoms in total. The molecule has 3 rings (SSSR count). The molecule has 1 aromatic carbocycles. The number of pyridine rings is 1. The lowest BCUT2D eigenvalue weighted by Gasteiger charge is -2.36. The van der Waals surface area contributed by atoms with Crippen molar-refractivity contribution in [3.05, 3.63) is 59.4 Å². The molecule has 126 valence electrons. The zero-order valence-corrected chi connectivity index (χ0v) is 15.1. The van der Waals surface area contributed by atoms with Gasteiger partial charge >= 0.3 is 0 Å². The molecule has 0 bridgehead atoms. The van der Waals surface area contributed by atoms with E-state index in [1.54, 1.807) is 0 Å². The number of aryl methyl sites for hydroxylation is 2. The second kappa shape index (κ2) is 7.73. The largest absolute Gasteiger partial charge is 0.346 e. The fraction of sp³-hybridized carbons (Fsp3) is 0.368. The summed E-state index contributed by atoms with van der Waals surface area (Å²) in [5.41, 5.74) is 4.90. The molecule has 1 fully saturated rings. The molecule has 24 heavy (non-hydrogen) atoms. The van der Waals surface area contributed by atoms with Gasteiger partial charge in [-0.3, -0.25) is 9.88 Å². The Balaban J connectivity index is 1.51. The number of hydrogen-bond donors (Lipinski definition) is 1. The van der Waals surface area contributed by atoms with Gasteiger partial charge in [0.05, 0.1) is 0 Å². The Morgan fingerprint density at radius 2 is 1.67 bits per heavy atom. The summed E-state index contributed by atoms with van der Waals surface area (Å²) >= 11 is 5.60. The molecule has 0 radical (unpaired) electrons. The van der Waals surface area contributed by atoms with E-state index in [-0.39, 0.29) is 0 Å². The summed E-state index contributed by atoms with van der Waals surface area (Å²) in [4.78, 5) is 8.80. The van der Waals surface area contributed by atoms with Crippen LogP contribution < -0.4 is 5.32 Å². The Labute approximate surface area is 149 Å². The SMILES string of the molecule is Cc1cc(C)cc(NC(=S)N2CCN(Cc3ccncc3)CC2)c1. The van der Waals surface area contributed by atoms with Crippen molar-refractivity contribution in [3.8, 4) is 0 Å². The van der Waals surface area contributed by atoms with E-state index in [0.29, 0.717) is 0 Å². The maximum atomic E-state index is 5.60. The second-order valence-electron chi connectivity index (χ2n) is 6.43. The van der Waals surface area contributed by atoms with Crippen LogP contribution in [0.25, 0.3) is 0 Å². The molecule has 1 aliphatic heterocycles. The zero-order chi connectivity index (χ0) is 16.9. The first-order valence-corrected chi connectivity index (χ1v) is 8.76. The summed E-state index contributed by atoms with van der Waals surface area (Å²) < 4.78 is 0. The summed E-state index contributed by atoms with van der Waals surface area (Å²) in [5, 5.41) is 4.21. The number of nitrogens with one attached hydrogen (secondary N) is 1. The number of aromatic nitrogens is 1. The van der Waals surface area contributed by atoms with Crippen molar-refractivity contribution < 1.29 is 0 Å². The van der Waals surface area contributed by atoms with Gasteiger partial charge in [-0.15, -0.1) is 0 Å². The van der Waals surface area contributed by atoms with Crippen molar-refractivity contribution in [3.63, 3.8) is 0 Å². The van der Waals surface area contributed by atoms with Crippen molar-refractivity contribution in [2.24, 2.45) is 0 Å². The maximum absolute atomic E-state index is 5.60. The van der Waals surface area contributed by atoms with Gasteiger partial charge < -0.3 is 10.2 Å².